The summed E-state index contributed by atoms with van der Waals surface area (Å²) < 4.78 is 2.68. The van der Waals surface area contributed by atoms with Gasteiger partial charge in [-0.05, 0) is 43.7 Å². The summed E-state index contributed by atoms with van der Waals surface area (Å²) in [6.07, 6.45) is 3.33. The van der Waals surface area contributed by atoms with Gasteiger partial charge in [0.05, 0.1) is 0 Å². The summed E-state index contributed by atoms with van der Waals surface area (Å²) in [5, 5.41) is 11.1. The molecular formula is C17H17N5O2. The maximum atomic E-state index is 12.4. The summed E-state index contributed by atoms with van der Waals surface area (Å²) in [5.74, 6) is 0.155. The van der Waals surface area contributed by atoms with Crippen LogP contribution in [0.5, 0.6) is 0 Å². The maximum absolute atomic E-state index is 12.4. The van der Waals surface area contributed by atoms with Crippen molar-refractivity contribution in [1.29, 1.82) is 0 Å². The van der Waals surface area contributed by atoms with E-state index in [0.717, 1.165) is 10.2 Å². The smallest absolute Gasteiger partial charge is 0.267 e. The van der Waals surface area contributed by atoms with Crippen LogP contribution in [0.3, 0.4) is 0 Å². The minimum atomic E-state index is -0.756. The predicted octanol–water partition coefficient (Wildman–Crippen LogP) is 1.94. The standard InChI is InChI=1S/C17H17N5O2/c1-12-5-3-6-14(11-12)19-17(24)13(2)22-16(23)8-7-15(20-22)21-10-4-9-18-21/h3-11,13H,1-2H3,(H,19,24). The molecule has 0 radical (unpaired) electrons. The third kappa shape index (κ3) is 3.24. The first-order chi connectivity index (χ1) is 11.5. The zero-order valence-corrected chi connectivity index (χ0v) is 13.4. The second-order valence-corrected chi connectivity index (χ2v) is 5.46. The summed E-state index contributed by atoms with van der Waals surface area (Å²) in [6.45, 7) is 3.57. The molecule has 0 aliphatic heterocycles. The summed E-state index contributed by atoms with van der Waals surface area (Å²) in [5.41, 5.74) is 1.37. The van der Waals surface area contributed by atoms with Crippen molar-refractivity contribution in [3.8, 4) is 5.82 Å². The van der Waals surface area contributed by atoms with Gasteiger partial charge in [-0.1, -0.05) is 12.1 Å². The first-order valence-corrected chi connectivity index (χ1v) is 7.52. The molecule has 122 valence electrons. The van der Waals surface area contributed by atoms with Crippen LogP contribution in [0.15, 0.2) is 59.7 Å². The van der Waals surface area contributed by atoms with Crippen LogP contribution in [0.2, 0.25) is 0 Å². The summed E-state index contributed by atoms with van der Waals surface area (Å²) >= 11 is 0. The average molecular weight is 323 g/mol. The van der Waals surface area contributed by atoms with Crippen molar-refractivity contribution in [2.75, 3.05) is 5.32 Å². The number of rotatable bonds is 4. The number of amides is 1. The fraction of sp³-hybridized carbons (Fsp3) is 0.176. The van der Waals surface area contributed by atoms with Gasteiger partial charge in [-0.15, -0.1) is 5.10 Å². The van der Waals surface area contributed by atoms with Crippen LogP contribution >= 0.6 is 0 Å². The molecule has 2 aromatic heterocycles. The van der Waals surface area contributed by atoms with Gasteiger partial charge in [-0.3, -0.25) is 9.59 Å². The number of hydrogen-bond acceptors (Lipinski definition) is 4. The van der Waals surface area contributed by atoms with E-state index >= 15 is 0 Å². The Morgan fingerprint density at radius 2 is 2.04 bits per heavy atom. The highest BCUT2D eigenvalue weighted by Crippen LogP contribution is 2.12. The third-order valence-electron chi connectivity index (χ3n) is 3.58. The largest absolute Gasteiger partial charge is 0.324 e. The maximum Gasteiger partial charge on any atom is 0.267 e. The van der Waals surface area contributed by atoms with Crippen molar-refractivity contribution in [3.05, 3.63) is 70.8 Å². The zero-order valence-electron chi connectivity index (χ0n) is 13.4. The van der Waals surface area contributed by atoms with Gasteiger partial charge in [0.15, 0.2) is 5.82 Å². The third-order valence-corrected chi connectivity index (χ3v) is 3.58. The Labute approximate surface area is 138 Å². The van der Waals surface area contributed by atoms with Crippen molar-refractivity contribution in [2.45, 2.75) is 19.9 Å². The molecule has 7 nitrogen and oxygen atoms in total. The Balaban J connectivity index is 1.86. The van der Waals surface area contributed by atoms with E-state index in [1.54, 1.807) is 37.5 Å². The van der Waals surface area contributed by atoms with Crippen molar-refractivity contribution in [3.63, 3.8) is 0 Å². The first-order valence-electron chi connectivity index (χ1n) is 7.52. The number of carbonyl (C=O) groups is 1. The number of nitrogens with zero attached hydrogens (tertiary/aromatic N) is 4. The number of carbonyl (C=O) groups excluding carboxylic acids is 1. The van der Waals surface area contributed by atoms with Crippen molar-refractivity contribution < 1.29 is 4.79 Å². The highest BCUT2D eigenvalue weighted by atomic mass is 16.2. The molecule has 0 saturated carbocycles. The van der Waals surface area contributed by atoms with Crippen molar-refractivity contribution >= 4 is 11.6 Å². The van der Waals surface area contributed by atoms with Gasteiger partial charge in [0.1, 0.15) is 6.04 Å². The lowest BCUT2D eigenvalue weighted by atomic mass is 10.2. The average Bonchev–Trinajstić information content (AvgIpc) is 3.09. The Morgan fingerprint density at radius 1 is 1.21 bits per heavy atom. The zero-order chi connectivity index (χ0) is 17.1. The van der Waals surface area contributed by atoms with Crippen LogP contribution in [0.25, 0.3) is 5.82 Å². The van der Waals surface area contributed by atoms with Gasteiger partial charge in [0.25, 0.3) is 5.56 Å². The van der Waals surface area contributed by atoms with Crippen LogP contribution in [0, 0.1) is 6.92 Å². The quantitative estimate of drug-likeness (QED) is 0.795. The van der Waals surface area contributed by atoms with Gasteiger partial charge in [0.2, 0.25) is 5.91 Å². The monoisotopic (exact) mass is 323 g/mol. The number of aromatic nitrogens is 4. The number of anilines is 1. The number of benzene rings is 1. The normalized spacial score (nSPS) is 11.9. The van der Waals surface area contributed by atoms with Crippen LogP contribution in [-0.4, -0.2) is 25.5 Å². The molecule has 0 spiro atoms. The lowest BCUT2D eigenvalue weighted by Gasteiger charge is -2.15. The first kappa shape index (κ1) is 15.7. The second kappa shape index (κ2) is 6.49. The van der Waals surface area contributed by atoms with Gasteiger partial charge < -0.3 is 5.32 Å². The lowest BCUT2D eigenvalue weighted by Crippen LogP contribution is -2.33. The Bertz CT molecular complexity index is 915. The van der Waals surface area contributed by atoms with E-state index < -0.39 is 6.04 Å². The molecule has 0 saturated heterocycles. The van der Waals surface area contributed by atoms with E-state index in [1.807, 2.05) is 25.1 Å². The van der Waals surface area contributed by atoms with Gasteiger partial charge in [-0.25, -0.2) is 9.36 Å². The van der Waals surface area contributed by atoms with Crippen LogP contribution < -0.4 is 10.9 Å². The summed E-state index contributed by atoms with van der Waals surface area (Å²) in [4.78, 5) is 24.5. The van der Waals surface area contributed by atoms with Gasteiger partial charge in [0, 0.05) is 24.1 Å². The topological polar surface area (TPSA) is 81.8 Å². The molecule has 1 atom stereocenters. The molecule has 1 N–H and O–H groups in total. The highest BCUT2D eigenvalue weighted by molar-refractivity contribution is 5.93. The fourth-order valence-corrected chi connectivity index (χ4v) is 2.30. The molecule has 0 bridgehead atoms. The molecule has 1 amide bonds. The van der Waals surface area contributed by atoms with Crippen LogP contribution in [0.4, 0.5) is 5.69 Å². The Morgan fingerprint density at radius 3 is 2.75 bits per heavy atom. The van der Waals surface area contributed by atoms with Crippen LogP contribution in [0.1, 0.15) is 18.5 Å². The van der Waals surface area contributed by atoms with Crippen molar-refractivity contribution in [2.24, 2.45) is 0 Å². The molecule has 3 aromatic rings. The molecule has 3 rings (SSSR count). The molecule has 2 heterocycles. The number of nitrogens with one attached hydrogen (secondary N) is 1. The second-order valence-electron chi connectivity index (χ2n) is 5.46. The number of aryl methyl sites for hydroxylation is 1. The van der Waals surface area contributed by atoms with E-state index in [1.165, 1.54) is 10.7 Å². The SMILES string of the molecule is Cc1cccc(NC(=O)C(C)n2nc(-n3cccn3)ccc2=O)c1. The molecular weight excluding hydrogens is 306 g/mol. The molecule has 7 heteroatoms. The molecule has 0 aliphatic rings. The van der Waals surface area contributed by atoms with Crippen molar-refractivity contribution in [1.82, 2.24) is 19.6 Å². The predicted molar refractivity (Wildman–Crippen MR) is 90.1 cm³/mol. The summed E-state index contributed by atoms with van der Waals surface area (Å²) in [7, 11) is 0. The summed E-state index contributed by atoms with van der Waals surface area (Å²) in [6, 6.07) is 11.4. The van der Waals surface area contributed by atoms with E-state index in [-0.39, 0.29) is 11.5 Å². The van der Waals surface area contributed by atoms with Crippen LogP contribution in [-0.2, 0) is 4.79 Å². The Hall–Kier alpha value is -3.22. The van der Waals surface area contributed by atoms with Gasteiger partial charge in [-0.2, -0.15) is 5.10 Å². The fourth-order valence-electron chi connectivity index (χ4n) is 2.30. The highest BCUT2D eigenvalue weighted by Gasteiger charge is 2.18. The Kier molecular flexibility index (Phi) is 4.24. The molecule has 0 aliphatic carbocycles. The van der Waals surface area contributed by atoms with E-state index in [2.05, 4.69) is 15.5 Å². The van der Waals surface area contributed by atoms with E-state index in [4.69, 9.17) is 0 Å². The van der Waals surface area contributed by atoms with E-state index in [9.17, 15) is 9.59 Å². The molecule has 1 unspecified atom stereocenters. The minimum absolute atomic E-state index is 0.312. The molecule has 0 fully saturated rings. The minimum Gasteiger partial charge on any atom is -0.324 e. The van der Waals surface area contributed by atoms with Gasteiger partial charge >= 0.3 is 0 Å². The molecule has 1 aromatic carbocycles. The molecule has 24 heavy (non-hydrogen) atoms. The lowest BCUT2D eigenvalue weighted by molar-refractivity contribution is -0.119. The number of hydrogen-bond donors (Lipinski definition) is 1. The van der Waals surface area contributed by atoms with E-state index in [0.29, 0.717) is 11.5 Å².